The molecule has 0 atom stereocenters. The zero-order valence-electron chi connectivity index (χ0n) is 23.2. The van der Waals surface area contributed by atoms with Gasteiger partial charge >= 0.3 is 0 Å². The van der Waals surface area contributed by atoms with Gasteiger partial charge in [0.05, 0.1) is 7.11 Å². The molecule has 3 aromatic rings. The zero-order chi connectivity index (χ0) is 28.2. The van der Waals surface area contributed by atoms with Crippen LogP contribution < -0.4 is 4.74 Å². The van der Waals surface area contributed by atoms with Crippen molar-refractivity contribution in [1.82, 2.24) is 0 Å². The molecule has 0 radical (unpaired) electrons. The van der Waals surface area contributed by atoms with Gasteiger partial charge in [-0.25, -0.2) is 13.2 Å². The average molecular weight is 551 g/mol. The normalized spacial score (nSPS) is 23.1. The molecular formula is C35H38F4O. The minimum Gasteiger partial charge on any atom is -0.494 e. The van der Waals surface area contributed by atoms with E-state index in [0.717, 1.165) is 43.9 Å². The van der Waals surface area contributed by atoms with Gasteiger partial charge in [-0.2, -0.15) is 4.39 Å². The predicted octanol–water partition coefficient (Wildman–Crippen LogP) is 10.6. The van der Waals surface area contributed by atoms with Crippen molar-refractivity contribution in [2.45, 2.75) is 70.1 Å². The first-order valence-corrected chi connectivity index (χ1v) is 14.6. The minimum absolute atomic E-state index is 0.0408. The van der Waals surface area contributed by atoms with Gasteiger partial charge in [-0.3, -0.25) is 0 Å². The summed E-state index contributed by atoms with van der Waals surface area (Å²) in [7, 11) is 1.27. The Morgan fingerprint density at radius 3 is 1.75 bits per heavy atom. The highest BCUT2D eigenvalue weighted by atomic mass is 19.2. The van der Waals surface area contributed by atoms with Crippen molar-refractivity contribution in [3.8, 4) is 28.0 Å². The molecule has 0 saturated heterocycles. The van der Waals surface area contributed by atoms with Crippen LogP contribution in [-0.4, -0.2) is 7.11 Å². The van der Waals surface area contributed by atoms with E-state index in [0.29, 0.717) is 22.6 Å². The first-order chi connectivity index (χ1) is 19.4. The minimum atomic E-state index is -1.06. The van der Waals surface area contributed by atoms with E-state index in [4.69, 9.17) is 4.74 Å². The van der Waals surface area contributed by atoms with E-state index < -0.39 is 23.3 Å². The van der Waals surface area contributed by atoms with Gasteiger partial charge in [0.2, 0.25) is 5.82 Å². The Hall–Kier alpha value is -3.08. The molecule has 0 spiro atoms. The Morgan fingerprint density at radius 2 is 1.20 bits per heavy atom. The summed E-state index contributed by atoms with van der Waals surface area (Å²) in [6.45, 7) is 3.85. The Kier molecular flexibility index (Phi) is 8.97. The van der Waals surface area contributed by atoms with Gasteiger partial charge in [0.25, 0.3) is 0 Å². The lowest BCUT2D eigenvalue weighted by atomic mass is 9.68. The van der Waals surface area contributed by atoms with Crippen molar-refractivity contribution in [3.05, 3.63) is 90.0 Å². The third-order valence-corrected chi connectivity index (χ3v) is 9.43. The molecule has 40 heavy (non-hydrogen) atoms. The van der Waals surface area contributed by atoms with Crippen LogP contribution in [0.4, 0.5) is 17.6 Å². The second-order valence-corrected chi connectivity index (χ2v) is 11.6. The van der Waals surface area contributed by atoms with Crippen LogP contribution in [0.3, 0.4) is 0 Å². The second kappa shape index (κ2) is 12.6. The lowest BCUT2D eigenvalue weighted by Gasteiger charge is -2.38. The van der Waals surface area contributed by atoms with Crippen LogP contribution in [0.25, 0.3) is 22.3 Å². The third-order valence-electron chi connectivity index (χ3n) is 9.43. The Bertz CT molecular complexity index is 1320. The predicted molar refractivity (Wildman–Crippen MR) is 153 cm³/mol. The van der Waals surface area contributed by atoms with E-state index >= 15 is 8.78 Å². The van der Waals surface area contributed by atoms with Gasteiger partial charge in [-0.15, -0.1) is 6.58 Å². The summed E-state index contributed by atoms with van der Waals surface area (Å²) >= 11 is 0. The molecule has 0 heterocycles. The SMILES string of the molecule is C=CCCC1CCC(C2CCC(c3ccc(-c4ccc(-c5ccc(OC)c(F)c5F)cc4)c(F)c3F)CC2)CC1. The van der Waals surface area contributed by atoms with Crippen molar-refractivity contribution in [2.75, 3.05) is 7.11 Å². The first kappa shape index (κ1) is 28.4. The van der Waals surface area contributed by atoms with Crippen molar-refractivity contribution >= 4 is 0 Å². The highest BCUT2D eigenvalue weighted by Gasteiger charge is 2.32. The molecule has 3 aromatic carbocycles. The van der Waals surface area contributed by atoms with E-state index in [1.54, 1.807) is 36.4 Å². The number of hydrogen-bond donors (Lipinski definition) is 0. The summed E-state index contributed by atoms with van der Waals surface area (Å²) < 4.78 is 64.2. The zero-order valence-corrected chi connectivity index (χ0v) is 23.2. The van der Waals surface area contributed by atoms with Crippen LogP contribution in [0.1, 0.15) is 75.7 Å². The lowest BCUT2D eigenvalue weighted by Crippen LogP contribution is -2.25. The van der Waals surface area contributed by atoms with Crippen LogP contribution in [0.15, 0.2) is 61.2 Å². The average Bonchev–Trinajstić information content (AvgIpc) is 2.99. The summed E-state index contributed by atoms with van der Waals surface area (Å²) in [6, 6.07) is 12.5. The molecule has 5 heteroatoms. The van der Waals surface area contributed by atoms with Gasteiger partial charge in [0.1, 0.15) is 0 Å². The van der Waals surface area contributed by atoms with Crippen molar-refractivity contribution in [1.29, 1.82) is 0 Å². The van der Waals surface area contributed by atoms with Gasteiger partial charge in [0.15, 0.2) is 23.2 Å². The lowest BCUT2D eigenvalue weighted by molar-refractivity contribution is 0.156. The van der Waals surface area contributed by atoms with Crippen LogP contribution in [0.2, 0.25) is 0 Å². The van der Waals surface area contributed by atoms with Crippen LogP contribution >= 0.6 is 0 Å². The Morgan fingerprint density at radius 1 is 0.675 bits per heavy atom. The number of ether oxygens (including phenoxy) is 1. The standard InChI is InChI=1S/C35H38F4O/c1-3-4-5-22-6-8-23(9-7-22)24-10-12-25(13-11-24)28-18-19-29(33(37)32(28)36)26-14-16-27(17-15-26)30-20-21-31(40-2)35(39)34(30)38/h3,14-25H,1,4-13H2,2H3. The summed E-state index contributed by atoms with van der Waals surface area (Å²) in [6.07, 6.45) is 13.6. The maximum Gasteiger partial charge on any atom is 0.201 e. The van der Waals surface area contributed by atoms with E-state index in [1.165, 1.54) is 51.3 Å². The molecule has 0 unspecified atom stereocenters. The van der Waals surface area contributed by atoms with Gasteiger partial charge < -0.3 is 4.74 Å². The summed E-state index contributed by atoms with van der Waals surface area (Å²) in [5, 5.41) is 0. The number of benzene rings is 3. The number of rotatable bonds is 8. The molecule has 2 fully saturated rings. The van der Waals surface area contributed by atoms with Gasteiger partial charge in [-0.1, -0.05) is 55.3 Å². The first-order valence-electron chi connectivity index (χ1n) is 14.6. The van der Waals surface area contributed by atoms with Crippen LogP contribution in [0.5, 0.6) is 5.75 Å². The maximum atomic E-state index is 15.4. The molecule has 0 amide bonds. The second-order valence-electron chi connectivity index (χ2n) is 11.6. The summed E-state index contributed by atoms with van der Waals surface area (Å²) in [5.74, 6) is -1.52. The van der Waals surface area contributed by atoms with Crippen LogP contribution in [-0.2, 0) is 0 Å². The van der Waals surface area contributed by atoms with Crippen molar-refractivity contribution in [3.63, 3.8) is 0 Å². The molecular weight excluding hydrogens is 512 g/mol. The molecule has 5 rings (SSSR count). The van der Waals surface area contributed by atoms with Gasteiger partial charge in [-0.05, 0) is 104 Å². The monoisotopic (exact) mass is 550 g/mol. The molecule has 212 valence electrons. The van der Waals surface area contributed by atoms with E-state index in [1.807, 2.05) is 6.08 Å². The molecule has 1 nitrogen and oxygen atoms in total. The van der Waals surface area contributed by atoms with E-state index in [2.05, 4.69) is 6.58 Å². The number of allylic oxidation sites excluding steroid dienone is 1. The molecule has 2 aliphatic rings. The molecule has 0 N–H and O–H groups in total. The van der Waals surface area contributed by atoms with Crippen LogP contribution in [0, 0.1) is 41.0 Å². The fraction of sp³-hybridized carbons (Fsp3) is 0.429. The third kappa shape index (κ3) is 5.84. The quantitative estimate of drug-likeness (QED) is 0.200. The highest BCUT2D eigenvalue weighted by Crippen LogP contribution is 2.45. The van der Waals surface area contributed by atoms with Crippen molar-refractivity contribution in [2.24, 2.45) is 17.8 Å². The molecule has 0 aromatic heterocycles. The molecule has 2 aliphatic carbocycles. The molecule has 2 saturated carbocycles. The maximum absolute atomic E-state index is 15.4. The highest BCUT2D eigenvalue weighted by molar-refractivity contribution is 5.72. The fourth-order valence-corrected chi connectivity index (χ4v) is 7.05. The van der Waals surface area contributed by atoms with E-state index in [9.17, 15) is 8.78 Å². The number of methoxy groups -OCH3 is 1. The Balaban J connectivity index is 1.24. The smallest absolute Gasteiger partial charge is 0.201 e. The summed E-state index contributed by atoms with van der Waals surface area (Å²) in [4.78, 5) is 0. The molecule has 0 bridgehead atoms. The molecule has 0 aliphatic heterocycles. The Labute approximate surface area is 235 Å². The number of halogens is 4. The van der Waals surface area contributed by atoms with Crippen molar-refractivity contribution < 1.29 is 22.3 Å². The van der Waals surface area contributed by atoms with Gasteiger partial charge in [0, 0.05) is 11.1 Å². The summed E-state index contributed by atoms with van der Waals surface area (Å²) in [5.41, 5.74) is 1.62. The topological polar surface area (TPSA) is 9.23 Å². The number of hydrogen-bond acceptors (Lipinski definition) is 1. The fourth-order valence-electron chi connectivity index (χ4n) is 7.05. The van der Waals surface area contributed by atoms with E-state index in [-0.39, 0.29) is 22.8 Å². The largest absolute Gasteiger partial charge is 0.494 e.